The van der Waals surface area contributed by atoms with Gasteiger partial charge in [-0.15, -0.1) is 0 Å². The van der Waals surface area contributed by atoms with E-state index in [2.05, 4.69) is 42.5 Å². The van der Waals surface area contributed by atoms with Crippen molar-refractivity contribution >= 4 is 70.8 Å². The van der Waals surface area contributed by atoms with Gasteiger partial charge >= 0.3 is 0 Å². The van der Waals surface area contributed by atoms with Crippen LogP contribution in [0, 0.1) is 29.6 Å². The molecule has 20 nitrogen and oxygen atoms in total. The monoisotopic (exact) mass is 1180 g/mol. The van der Waals surface area contributed by atoms with Gasteiger partial charge in [-0.25, -0.2) is 0 Å². The summed E-state index contributed by atoms with van der Waals surface area (Å²) < 4.78 is 0. The van der Waals surface area contributed by atoms with Crippen molar-refractivity contribution in [3.05, 3.63) is 71.8 Å². The summed E-state index contributed by atoms with van der Waals surface area (Å²) in [5, 5.41) is 23.0. The van der Waals surface area contributed by atoms with Gasteiger partial charge in [-0.2, -0.15) is 11.8 Å². The molecule has 0 bridgehead atoms. The summed E-state index contributed by atoms with van der Waals surface area (Å²) in [5.74, 6) is -6.25. The Morgan fingerprint density at radius 2 is 1.11 bits per heavy atom. The van der Waals surface area contributed by atoms with E-state index in [1.54, 1.807) is 34.6 Å². The molecule has 5 rings (SSSR count). The summed E-state index contributed by atoms with van der Waals surface area (Å²) in [6.07, 6.45) is 7.38. The van der Waals surface area contributed by atoms with Gasteiger partial charge in [-0.05, 0) is 86.2 Å². The lowest BCUT2D eigenvalue weighted by Gasteiger charge is -2.38. The van der Waals surface area contributed by atoms with Gasteiger partial charge < -0.3 is 52.3 Å². The van der Waals surface area contributed by atoms with Crippen LogP contribution < -0.4 is 42.5 Å². The normalized spacial score (nSPS) is 26.4. The number of benzene rings is 2. The zero-order valence-electron chi connectivity index (χ0n) is 51.3. The zero-order chi connectivity index (χ0) is 61.7. The van der Waals surface area contributed by atoms with E-state index >= 15 is 0 Å². The molecule has 0 unspecified atom stereocenters. The number of nitrogens with one attached hydrogen (secondary N) is 8. The van der Waals surface area contributed by atoms with Gasteiger partial charge in [0.15, 0.2) is 0 Å². The molecule has 2 aromatic rings. The highest BCUT2D eigenvalue weighted by Crippen LogP contribution is 2.32. The molecule has 2 saturated heterocycles. The number of carbonyl (C=O) groups excluding carboxylic acids is 10. The molecule has 8 N–H and O–H groups in total. The number of likely N-dealkylation sites (N-methyl/N-ethyl adjacent to an activating group) is 1. The van der Waals surface area contributed by atoms with Crippen LogP contribution in [0.15, 0.2) is 60.7 Å². The SMILES string of the molecule is CC(C)C[C@@H]1NC(=O)[C@H](C(C)C)NC(=O)[C@]2(C)CCCN2C(=O)[C@H](C(C)C)NC(=O)[C@H](Cc2ccccc2)NC(=O)CSCCNC(=O)CNC(=O)[C@H](Cc2ccccc2)N(C)C(=O)[C@H](CC(C)C)NC(=O)[C@H](CCC2CCCCC2)NC1=O. The average Bonchev–Trinajstić information content (AvgIpc) is 3.80. The van der Waals surface area contributed by atoms with Crippen LogP contribution in [0.1, 0.15) is 144 Å². The first-order chi connectivity index (χ1) is 39.9. The number of amides is 10. The Hall–Kier alpha value is -6.51. The lowest BCUT2D eigenvalue weighted by atomic mass is 9.85. The van der Waals surface area contributed by atoms with E-state index in [0.717, 1.165) is 43.2 Å². The molecule has 464 valence electrons. The van der Waals surface area contributed by atoms with Crippen LogP contribution in [0.4, 0.5) is 0 Å². The standard InChI is InChI=1S/C63H96N10O10S/c1-39(2)33-47-56(77)67-46(28-27-43-21-14-11-15-22-43)55(76)69-49(34-40(3)4)60(81)72(10)50(36-45-25-18-13-19-26-45)58(79)65-37-51(74)64-30-32-84-38-52(75)66-48(35-44-23-16-12-17-24-44)57(78)70-54(42(7)8)61(82)73-31-20-29-63(73,9)62(83)71-53(41(5)6)59(80)68-47/h12-13,16-19,23-26,39-43,46-50,53-54H,11,14-15,20-22,27-38H2,1-10H3,(H,64,74)(H,65,79)(H,66,75)(H,67,77)(H,68,80)(H,69,76)(H,70,78)(H,71,83)/t46-,47-,48-,49-,50-,53-,54-,63-/m0/s1. The Kier molecular flexibility index (Phi) is 27.0. The summed E-state index contributed by atoms with van der Waals surface area (Å²) in [4.78, 5) is 147. The highest BCUT2D eigenvalue weighted by atomic mass is 32.2. The van der Waals surface area contributed by atoms with E-state index in [1.165, 1.54) is 28.6 Å². The molecular formula is C63H96N10O10S. The lowest BCUT2D eigenvalue weighted by Crippen LogP contribution is -2.64. The van der Waals surface area contributed by atoms with Gasteiger partial charge in [0, 0.05) is 38.7 Å². The van der Waals surface area contributed by atoms with E-state index < -0.39 is 125 Å². The van der Waals surface area contributed by atoms with E-state index in [1.807, 2.05) is 88.4 Å². The molecule has 0 aromatic heterocycles. The van der Waals surface area contributed by atoms with Crippen molar-refractivity contribution in [3.63, 3.8) is 0 Å². The van der Waals surface area contributed by atoms with Crippen LogP contribution in [0.25, 0.3) is 0 Å². The van der Waals surface area contributed by atoms with Gasteiger partial charge in [0.1, 0.15) is 47.8 Å². The van der Waals surface area contributed by atoms with Crippen molar-refractivity contribution in [2.75, 3.05) is 38.2 Å². The smallest absolute Gasteiger partial charge is 0.246 e. The van der Waals surface area contributed by atoms with Gasteiger partial charge in [-0.3, -0.25) is 47.9 Å². The van der Waals surface area contributed by atoms with Gasteiger partial charge in [0.05, 0.1) is 12.3 Å². The molecule has 3 fully saturated rings. The third-order valence-electron chi connectivity index (χ3n) is 16.3. The number of thioether (sulfide) groups is 1. The quantitative estimate of drug-likeness (QED) is 0.140. The molecule has 84 heavy (non-hydrogen) atoms. The summed E-state index contributed by atoms with van der Waals surface area (Å²) >= 11 is 1.22. The molecular weight excluding hydrogens is 1090 g/mol. The molecule has 8 atom stereocenters. The Labute approximate surface area is 502 Å². The molecule has 0 radical (unpaired) electrons. The number of nitrogens with zero attached hydrogens (tertiary/aromatic N) is 2. The van der Waals surface area contributed by atoms with Gasteiger partial charge in [0.25, 0.3) is 0 Å². The van der Waals surface area contributed by atoms with Crippen LogP contribution >= 0.6 is 11.8 Å². The predicted molar refractivity (Wildman–Crippen MR) is 326 cm³/mol. The third kappa shape index (κ3) is 20.6. The molecule has 10 amide bonds. The second kappa shape index (κ2) is 33.3. The highest BCUT2D eigenvalue weighted by molar-refractivity contribution is 7.99. The van der Waals surface area contributed by atoms with E-state index in [-0.39, 0.29) is 69.2 Å². The van der Waals surface area contributed by atoms with E-state index in [0.29, 0.717) is 24.5 Å². The number of hydrogen-bond acceptors (Lipinski definition) is 11. The molecule has 0 spiro atoms. The fourth-order valence-corrected chi connectivity index (χ4v) is 12.0. The minimum atomic E-state index is -1.44. The minimum Gasteiger partial charge on any atom is -0.354 e. The van der Waals surface area contributed by atoms with Gasteiger partial charge in [-0.1, -0.05) is 148 Å². The molecule has 3 aliphatic rings. The number of rotatable bonds is 13. The van der Waals surface area contributed by atoms with Crippen molar-refractivity contribution < 1.29 is 47.9 Å². The van der Waals surface area contributed by atoms with Crippen LogP contribution in [0.2, 0.25) is 0 Å². The molecule has 2 aliphatic heterocycles. The lowest BCUT2D eigenvalue weighted by molar-refractivity contribution is -0.148. The number of carbonyl (C=O) groups is 10. The number of hydrogen-bond donors (Lipinski definition) is 8. The Bertz CT molecular complexity index is 2550. The van der Waals surface area contributed by atoms with E-state index in [9.17, 15) is 47.9 Å². The second-order valence-electron chi connectivity index (χ2n) is 24.9. The first kappa shape index (κ1) is 68.3. The maximum absolute atomic E-state index is 14.8. The third-order valence-corrected chi connectivity index (χ3v) is 17.3. The van der Waals surface area contributed by atoms with Crippen molar-refractivity contribution in [1.82, 2.24) is 52.3 Å². The van der Waals surface area contributed by atoms with E-state index in [4.69, 9.17) is 0 Å². The summed E-state index contributed by atoms with van der Waals surface area (Å²) in [5.41, 5.74) is 0.0650. The van der Waals surface area contributed by atoms with Crippen molar-refractivity contribution in [1.29, 1.82) is 0 Å². The van der Waals surface area contributed by atoms with Crippen molar-refractivity contribution in [3.8, 4) is 0 Å². The Morgan fingerprint density at radius 1 is 0.548 bits per heavy atom. The largest absolute Gasteiger partial charge is 0.354 e. The zero-order valence-corrected chi connectivity index (χ0v) is 52.1. The first-order valence-electron chi connectivity index (χ1n) is 30.5. The molecule has 1 aliphatic carbocycles. The van der Waals surface area contributed by atoms with Gasteiger partial charge in [0.2, 0.25) is 59.1 Å². The molecule has 21 heteroatoms. The maximum Gasteiger partial charge on any atom is 0.246 e. The van der Waals surface area contributed by atoms with Crippen LogP contribution in [-0.2, 0) is 60.8 Å². The Balaban J connectivity index is 1.50. The summed E-state index contributed by atoms with van der Waals surface area (Å²) in [6.45, 7) is 16.3. The molecule has 2 heterocycles. The predicted octanol–water partition coefficient (Wildman–Crippen LogP) is 4.33. The second-order valence-corrected chi connectivity index (χ2v) is 26.0. The fourth-order valence-electron chi connectivity index (χ4n) is 11.4. The highest BCUT2D eigenvalue weighted by Gasteiger charge is 2.49. The summed E-state index contributed by atoms with van der Waals surface area (Å²) in [6, 6.07) is 10.4. The first-order valence-corrected chi connectivity index (χ1v) is 31.6. The van der Waals surface area contributed by atoms with Crippen LogP contribution in [-0.4, -0.2) is 155 Å². The Morgan fingerprint density at radius 3 is 1.71 bits per heavy atom. The minimum absolute atomic E-state index is 0.0690. The van der Waals surface area contributed by atoms with Crippen molar-refractivity contribution in [2.24, 2.45) is 29.6 Å². The fraction of sp³-hybridized carbons (Fsp3) is 0.651. The van der Waals surface area contributed by atoms with Crippen LogP contribution in [0.3, 0.4) is 0 Å². The average molecular weight is 1190 g/mol. The maximum atomic E-state index is 14.8. The topological polar surface area (TPSA) is 273 Å². The molecule has 2 aromatic carbocycles. The number of fused-ring (bicyclic) bond motifs is 1. The van der Waals surface area contributed by atoms with Crippen LogP contribution in [0.5, 0.6) is 0 Å². The molecule has 1 saturated carbocycles. The van der Waals surface area contributed by atoms with Crippen molar-refractivity contribution in [2.45, 2.75) is 194 Å². The summed E-state index contributed by atoms with van der Waals surface area (Å²) in [7, 11) is 1.49.